The number of aromatic amines is 1. The minimum atomic E-state index is -0.0706. The number of nitrogens with zero attached hydrogens (tertiary/aromatic N) is 2. The molecule has 3 heterocycles. The molecule has 0 radical (unpaired) electrons. The second-order valence-corrected chi connectivity index (χ2v) is 3.83. The lowest BCUT2D eigenvalue weighted by Crippen LogP contribution is -2.22. The number of nitrogens with one attached hydrogen (secondary N) is 2. The van der Waals surface area contributed by atoms with Crippen molar-refractivity contribution in [2.24, 2.45) is 0 Å². The molecule has 0 saturated carbocycles. The van der Waals surface area contributed by atoms with E-state index < -0.39 is 0 Å². The third-order valence-electron chi connectivity index (χ3n) is 2.81. The molecule has 0 bridgehead atoms. The van der Waals surface area contributed by atoms with Crippen molar-refractivity contribution in [2.75, 3.05) is 6.54 Å². The van der Waals surface area contributed by atoms with Gasteiger partial charge in [-0.1, -0.05) is 0 Å². The summed E-state index contributed by atoms with van der Waals surface area (Å²) < 4.78 is 1.63. The molecule has 0 aliphatic carbocycles. The zero-order valence-electron chi connectivity index (χ0n) is 8.23. The molecule has 15 heavy (non-hydrogen) atoms. The minimum Gasteiger partial charge on any atom is -0.307 e. The first-order valence-electron chi connectivity index (χ1n) is 5.15. The number of fused-ring (bicyclic) bond motifs is 1. The molecule has 3 rings (SSSR count). The predicted molar refractivity (Wildman–Crippen MR) is 55.8 cm³/mol. The summed E-state index contributed by atoms with van der Waals surface area (Å²) in [5, 5.41) is 7.69. The summed E-state index contributed by atoms with van der Waals surface area (Å²) in [5.74, 6) is 0.737. The van der Waals surface area contributed by atoms with Gasteiger partial charge in [-0.2, -0.15) is 5.10 Å². The van der Waals surface area contributed by atoms with Crippen LogP contribution in [0.4, 0.5) is 0 Å². The van der Waals surface area contributed by atoms with Crippen molar-refractivity contribution in [3.63, 3.8) is 0 Å². The lowest BCUT2D eigenvalue weighted by atomic mass is 10.2. The Morgan fingerprint density at radius 2 is 2.47 bits per heavy atom. The van der Waals surface area contributed by atoms with Crippen LogP contribution in [0.2, 0.25) is 0 Å². The molecule has 2 aromatic rings. The van der Waals surface area contributed by atoms with Gasteiger partial charge in [0.15, 0.2) is 0 Å². The molecule has 5 nitrogen and oxygen atoms in total. The Hall–Kier alpha value is -1.62. The van der Waals surface area contributed by atoms with E-state index in [2.05, 4.69) is 15.4 Å². The van der Waals surface area contributed by atoms with Gasteiger partial charge < -0.3 is 10.3 Å². The Morgan fingerprint density at radius 3 is 3.27 bits per heavy atom. The summed E-state index contributed by atoms with van der Waals surface area (Å²) in [6.07, 6.45) is 3.97. The highest BCUT2D eigenvalue weighted by Gasteiger charge is 2.19. The van der Waals surface area contributed by atoms with E-state index in [1.54, 1.807) is 16.8 Å². The normalized spacial score (nSPS) is 21.2. The van der Waals surface area contributed by atoms with Crippen LogP contribution in [0.3, 0.4) is 0 Å². The Bertz CT molecular complexity index is 536. The molecule has 1 fully saturated rings. The summed E-state index contributed by atoms with van der Waals surface area (Å²) in [4.78, 5) is 14.5. The van der Waals surface area contributed by atoms with Crippen LogP contribution in [0.25, 0.3) is 5.52 Å². The molecule has 2 aromatic heterocycles. The van der Waals surface area contributed by atoms with E-state index >= 15 is 0 Å². The van der Waals surface area contributed by atoms with Crippen molar-refractivity contribution in [2.45, 2.75) is 18.9 Å². The molecule has 1 saturated heterocycles. The fourth-order valence-electron chi connectivity index (χ4n) is 2.04. The van der Waals surface area contributed by atoms with Gasteiger partial charge in [0.1, 0.15) is 11.3 Å². The average Bonchev–Trinajstić information content (AvgIpc) is 2.88. The number of hydrogen-bond donors (Lipinski definition) is 2. The van der Waals surface area contributed by atoms with Crippen LogP contribution in [0.5, 0.6) is 0 Å². The molecule has 1 aliphatic rings. The van der Waals surface area contributed by atoms with Crippen molar-refractivity contribution in [3.8, 4) is 0 Å². The Labute approximate surface area is 86.1 Å². The highest BCUT2D eigenvalue weighted by Crippen LogP contribution is 2.18. The zero-order valence-corrected chi connectivity index (χ0v) is 8.23. The summed E-state index contributed by atoms with van der Waals surface area (Å²) in [5.41, 5.74) is 0.524. The fraction of sp³-hybridized carbons (Fsp3) is 0.400. The largest absolute Gasteiger partial charge is 0.307 e. The van der Waals surface area contributed by atoms with E-state index in [0.29, 0.717) is 5.52 Å². The first-order chi connectivity index (χ1) is 7.34. The maximum Gasteiger partial charge on any atom is 0.275 e. The minimum absolute atomic E-state index is 0.0706. The van der Waals surface area contributed by atoms with Crippen LogP contribution in [0, 0.1) is 0 Å². The molecular formula is C10H12N4O. The van der Waals surface area contributed by atoms with Crippen LogP contribution >= 0.6 is 0 Å². The Balaban J connectivity index is 2.15. The van der Waals surface area contributed by atoms with Gasteiger partial charge in [-0.3, -0.25) is 4.79 Å². The second kappa shape index (κ2) is 3.20. The van der Waals surface area contributed by atoms with Crippen LogP contribution < -0.4 is 10.9 Å². The molecule has 78 valence electrons. The monoisotopic (exact) mass is 204 g/mol. The van der Waals surface area contributed by atoms with Gasteiger partial charge in [-0.15, -0.1) is 0 Å². The standard InChI is InChI=1S/C10H12N4O/c15-10-8-4-2-6-14(8)13-9(12-10)7-3-1-5-11-7/h2,4,6-7,11H,1,3,5H2,(H,12,13,15). The van der Waals surface area contributed by atoms with Crippen molar-refractivity contribution in [1.29, 1.82) is 0 Å². The van der Waals surface area contributed by atoms with Gasteiger partial charge in [-0.05, 0) is 31.5 Å². The highest BCUT2D eigenvalue weighted by atomic mass is 16.1. The Kier molecular flexibility index (Phi) is 1.85. The van der Waals surface area contributed by atoms with E-state index in [1.807, 2.05) is 6.07 Å². The molecule has 5 heteroatoms. The second-order valence-electron chi connectivity index (χ2n) is 3.83. The average molecular weight is 204 g/mol. The number of rotatable bonds is 1. The van der Waals surface area contributed by atoms with Crippen molar-refractivity contribution in [3.05, 3.63) is 34.5 Å². The highest BCUT2D eigenvalue weighted by molar-refractivity contribution is 5.43. The van der Waals surface area contributed by atoms with Crippen LogP contribution in [-0.2, 0) is 0 Å². The van der Waals surface area contributed by atoms with Gasteiger partial charge in [-0.25, -0.2) is 4.52 Å². The number of aromatic nitrogens is 3. The first-order valence-corrected chi connectivity index (χ1v) is 5.15. The van der Waals surface area contributed by atoms with Crippen LogP contribution in [0.15, 0.2) is 23.1 Å². The number of hydrogen-bond acceptors (Lipinski definition) is 3. The van der Waals surface area contributed by atoms with Gasteiger partial charge in [0.2, 0.25) is 0 Å². The van der Waals surface area contributed by atoms with Gasteiger partial charge >= 0.3 is 0 Å². The van der Waals surface area contributed by atoms with Crippen LogP contribution in [0.1, 0.15) is 24.7 Å². The van der Waals surface area contributed by atoms with Crippen molar-refractivity contribution in [1.82, 2.24) is 19.9 Å². The summed E-state index contributed by atoms with van der Waals surface area (Å²) in [6.45, 7) is 0.998. The molecule has 1 unspecified atom stereocenters. The molecule has 0 aromatic carbocycles. The summed E-state index contributed by atoms with van der Waals surface area (Å²) in [6, 6.07) is 3.78. The lowest BCUT2D eigenvalue weighted by Gasteiger charge is -2.08. The summed E-state index contributed by atoms with van der Waals surface area (Å²) >= 11 is 0. The zero-order chi connectivity index (χ0) is 10.3. The molecule has 0 amide bonds. The maximum atomic E-state index is 11.7. The quantitative estimate of drug-likeness (QED) is 0.708. The third kappa shape index (κ3) is 1.35. The van der Waals surface area contributed by atoms with E-state index in [4.69, 9.17) is 0 Å². The van der Waals surface area contributed by atoms with E-state index in [-0.39, 0.29) is 11.6 Å². The lowest BCUT2D eigenvalue weighted by molar-refractivity contribution is 0.583. The van der Waals surface area contributed by atoms with Crippen LogP contribution in [-0.4, -0.2) is 21.1 Å². The van der Waals surface area contributed by atoms with Gasteiger partial charge in [0.05, 0.1) is 6.04 Å². The molecule has 1 atom stereocenters. The Morgan fingerprint density at radius 1 is 1.53 bits per heavy atom. The van der Waals surface area contributed by atoms with E-state index in [1.165, 1.54) is 0 Å². The predicted octanol–water partition coefficient (Wildman–Crippen LogP) is 0.447. The van der Waals surface area contributed by atoms with Crippen molar-refractivity contribution < 1.29 is 0 Å². The third-order valence-corrected chi connectivity index (χ3v) is 2.81. The van der Waals surface area contributed by atoms with Crippen molar-refractivity contribution >= 4 is 5.52 Å². The first kappa shape index (κ1) is 8.67. The maximum absolute atomic E-state index is 11.7. The smallest absolute Gasteiger partial charge is 0.275 e. The molecular weight excluding hydrogens is 192 g/mol. The molecule has 0 spiro atoms. The van der Waals surface area contributed by atoms with Gasteiger partial charge in [0.25, 0.3) is 5.56 Å². The van der Waals surface area contributed by atoms with E-state index in [9.17, 15) is 4.79 Å². The van der Waals surface area contributed by atoms with E-state index in [0.717, 1.165) is 25.2 Å². The molecule has 1 aliphatic heterocycles. The summed E-state index contributed by atoms with van der Waals surface area (Å²) in [7, 11) is 0. The fourth-order valence-corrected chi connectivity index (χ4v) is 2.04. The van der Waals surface area contributed by atoms with Gasteiger partial charge in [0, 0.05) is 6.20 Å². The topological polar surface area (TPSA) is 62.2 Å². The molecule has 2 N–H and O–H groups in total. The SMILES string of the molecule is O=c1[nH]c(C2CCCN2)nn2cccc12. The number of H-pyrrole nitrogens is 1.